The Morgan fingerprint density at radius 1 is 1.16 bits per heavy atom. The third-order valence-electron chi connectivity index (χ3n) is 3.92. The first-order chi connectivity index (χ1) is 12.1. The van der Waals surface area contributed by atoms with Crippen molar-refractivity contribution < 1.29 is 9.72 Å². The number of nitro benzene ring substituents is 1. The number of hydrogen-bond acceptors (Lipinski definition) is 3. The topological polar surface area (TPSA) is 88.0 Å². The van der Waals surface area contributed by atoms with E-state index in [-0.39, 0.29) is 11.6 Å². The zero-order valence-electron chi connectivity index (χ0n) is 13.4. The number of carbonyl (C=O) groups is 1. The lowest BCUT2D eigenvalue weighted by atomic mass is 10.1. The molecule has 0 radical (unpaired) electrons. The molecule has 0 unspecified atom stereocenters. The van der Waals surface area contributed by atoms with Crippen LogP contribution in [-0.4, -0.2) is 22.4 Å². The van der Waals surface area contributed by atoms with Crippen molar-refractivity contribution >= 4 is 28.6 Å². The van der Waals surface area contributed by atoms with Crippen molar-refractivity contribution in [3.8, 4) is 0 Å². The molecule has 2 aromatic carbocycles. The summed E-state index contributed by atoms with van der Waals surface area (Å²) in [6, 6.07) is 14.3. The first-order valence-electron chi connectivity index (χ1n) is 7.89. The van der Waals surface area contributed by atoms with Gasteiger partial charge in [-0.2, -0.15) is 0 Å². The molecule has 3 rings (SSSR count). The van der Waals surface area contributed by atoms with Gasteiger partial charge in [0.1, 0.15) is 0 Å². The highest BCUT2D eigenvalue weighted by Crippen LogP contribution is 2.19. The van der Waals surface area contributed by atoms with Gasteiger partial charge >= 0.3 is 0 Å². The molecule has 0 bridgehead atoms. The Bertz CT molecular complexity index is 944. The Morgan fingerprint density at radius 3 is 2.76 bits per heavy atom. The molecule has 2 N–H and O–H groups in total. The monoisotopic (exact) mass is 335 g/mol. The molecule has 0 aliphatic rings. The van der Waals surface area contributed by atoms with E-state index >= 15 is 0 Å². The van der Waals surface area contributed by atoms with Gasteiger partial charge in [-0.05, 0) is 30.2 Å². The summed E-state index contributed by atoms with van der Waals surface area (Å²) in [7, 11) is 0. The number of benzene rings is 2. The lowest BCUT2D eigenvalue weighted by Gasteiger charge is -2.02. The van der Waals surface area contributed by atoms with Crippen LogP contribution in [-0.2, 0) is 11.2 Å². The average Bonchev–Trinajstić information content (AvgIpc) is 3.03. The van der Waals surface area contributed by atoms with E-state index in [1.807, 2.05) is 30.5 Å². The molecular weight excluding hydrogens is 318 g/mol. The van der Waals surface area contributed by atoms with E-state index in [1.165, 1.54) is 18.2 Å². The van der Waals surface area contributed by atoms with Gasteiger partial charge < -0.3 is 10.3 Å². The van der Waals surface area contributed by atoms with Crippen molar-refractivity contribution in [3.05, 3.63) is 82.0 Å². The zero-order valence-corrected chi connectivity index (χ0v) is 13.4. The molecular formula is C19H17N3O3. The second-order valence-electron chi connectivity index (χ2n) is 5.55. The molecule has 1 aromatic heterocycles. The SMILES string of the molecule is O=C(/C=C/c1ccccc1[N+](=O)[O-])NCCc1c[nH]c2ccccc12. The van der Waals surface area contributed by atoms with Gasteiger partial charge in [0.2, 0.25) is 5.91 Å². The number of fused-ring (bicyclic) bond motifs is 1. The molecule has 0 fully saturated rings. The number of H-pyrrole nitrogens is 1. The maximum atomic E-state index is 11.9. The fourth-order valence-electron chi connectivity index (χ4n) is 2.68. The molecule has 0 atom stereocenters. The molecule has 0 aliphatic carbocycles. The van der Waals surface area contributed by atoms with Crippen LogP contribution in [0.25, 0.3) is 17.0 Å². The smallest absolute Gasteiger partial charge is 0.276 e. The normalized spacial score (nSPS) is 11.0. The summed E-state index contributed by atoms with van der Waals surface area (Å²) in [6.07, 6.45) is 5.42. The second-order valence-corrected chi connectivity index (χ2v) is 5.55. The summed E-state index contributed by atoms with van der Waals surface area (Å²) < 4.78 is 0. The Labute approximate surface area is 144 Å². The fourth-order valence-corrected chi connectivity index (χ4v) is 2.68. The largest absolute Gasteiger partial charge is 0.361 e. The Balaban J connectivity index is 1.57. The highest BCUT2D eigenvalue weighted by molar-refractivity contribution is 5.92. The van der Waals surface area contributed by atoms with Crippen LogP contribution in [0.5, 0.6) is 0 Å². The van der Waals surface area contributed by atoms with Crippen molar-refractivity contribution in [2.75, 3.05) is 6.54 Å². The van der Waals surface area contributed by atoms with E-state index in [4.69, 9.17) is 0 Å². The minimum Gasteiger partial charge on any atom is -0.361 e. The average molecular weight is 335 g/mol. The van der Waals surface area contributed by atoms with Crippen LogP contribution in [0.2, 0.25) is 0 Å². The van der Waals surface area contributed by atoms with E-state index < -0.39 is 4.92 Å². The van der Waals surface area contributed by atoms with E-state index in [0.717, 1.165) is 16.5 Å². The summed E-state index contributed by atoms with van der Waals surface area (Å²) in [5.74, 6) is -0.280. The molecule has 1 amide bonds. The molecule has 25 heavy (non-hydrogen) atoms. The third kappa shape index (κ3) is 3.92. The van der Waals surface area contributed by atoms with Gasteiger partial charge in [-0.3, -0.25) is 14.9 Å². The van der Waals surface area contributed by atoms with Crippen molar-refractivity contribution in [1.29, 1.82) is 0 Å². The molecule has 0 saturated carbocycles. The third-order valence-corrected chi connectivity index (χ3v) is 3.92. The summed E-state index contributed by atoms with van der Waals surface area (Å²) in [4.78, 5) is 25.6. The van der Waals surface area contributed by atoms with Crippen LogP contribution in [0.1, 0.15) is 11.1 Å². The van der Waals surface area contributed by atoms with Crippen LogP contribution in [0, 0.1) is 10.1 Å². The lowest BCUT2D eigenvalue weighted by Crippen LogP contribution is -2.23. The number of rotatable bonds is 6. The summed E-state index contributed by atoms with van der Waals surface area (Å²) in [5.41, 5.74) is 2.59. The highest BCUT2D eigenvalue weighted by atomic mass is 16.6. The predicted molar refractivity (Wildman–Crippen MR) is 97.1 cm³/mol. The van der Waals surface area contributed by atoms with Gasteiger partial charge in [-0.1, -0.05) is 30.3 Å². The van der Waals surface area contributed by atoms with Crippen LogP contribution in [0.4, 0.5) is 5.69 Å². The number of carbonyl (C=O) groups excluding carboxylic acids is 1. The molecule has 0 aliphatic heterocycles. The number of aromatic nitrogens is 1. The minimum absolute atomic E-state index is 0.0228. The number of hydrogen-bond donors (Lipinski definition) is 2. The van der Waals surface area contributed by atoms with Crippen molar-refractivity contribution in [3.63, 3.8) is 0 Å². The summed E-state index contributed by atoms with van der Waals surface area (Å²) >= 11 is 0. The second kappa shape index (κ2) is 7.44. The fraction of sp³-hybridized carbons (Fsp3) is 0.105. The maximum absolute atomic E-state index is 11.9. The van der Waals surface area contributed by atoms with E-state index in [2.05, 4.69) is 10.3 Å². The lowest BCUT2D eigenvalue weighted by molar-refractivity contribution is -0.385. The van der Waals surface area contributed by atoms with E-state index in [0.29, 0.717) is 18.5 Å². The highest BCUT2D eigenvalue weighted by Gasteiger charge is 2.09. The Hall–Kier alpha value is -3.41. The molecule has 1 heterocycles. The Morgan fingerprint density at radius 2 is 1.92 bits per heavy atom. The van der Waals surface area contributed by atoms with E-state index in [9.17, 15) is 14.9 Å². The number of aromatic amines is 1. The van der Waals surface area contributed by atoms with Gasteiger partial charge in [-0.15, -0.1) is 0 Å². The maximum Gasteiger partial charge on any atom is 0.276 e. The van der Waals surface area contributed by atoms with Crippen LogP contribution in [0.15, 0.2) is 60.8 Å². The number of amides is 1. The number of nitrogens with one attached hydrogen (secondary N) is 2. The van der Waals surface area contributed by atoms with Crippen molar-refractivity contribution in [2.24, 2.45) is 0 Å². The quantitative estimate of drug-likeness (QED) is 0.411. The van der Waals surface area contributed by atoms with Crippen LogP contribution >= 0.6 is 0 Å². The van der Waals surface area contributed by atoms with Crippen LogP contribution in [0.3, 0.4) is 0 Å². The van der Waals surface area contributed by atoms with E-state index in [1.54, 1.807) is 18.2 Å². The molecule has 126 valence electrons. The first kappa shape index (κ1) is 16.4. The summed E-state index contributed by atoms with van der Waals surface area (Å²) in [6.45, 7) is 0.488. The predicted octanol–water partition coefficient (Wildman–Crippen LogP) is 3.45. The first-order valence-corrected chi connectivity index (χ1v) is 7.89. The van der Waals surface area contributed by atoms with Gasteiger partial charge in [-0.25, -0.2) is 0 Å². The minimum atomic E-state index is -0.464. The van der Waals surface area contributed by atoms with Gasteiger partial charge in [0.25, 0.3) is 5.69 Å². The number of nitro groups is 1. The Kier molecular flexibility index (Phi) is 4.89. The molecule has 6 nitrogen and oxygen atoms in total. The van der Waals surface area contributed by atoms with Gasteiger partial charge in [0.15, 0.2) is 0 Å². The molecule has 0 saturated heterocycles. The standard InChI is InChI=1S/C19H17N3O3/c23-19(10-9-14-5-1-4-8-18(14)22(24)25)20-12-11-15-13-21-17-7-3-2-6-16(15)17/h1-10,13,21H,11-12H2,(H,20,23)/b10-9+. The molecule has 3 aromatic rings. The summed E-state index contributed by atoms with van der Waals surface area (Å²) in [5, 5.41) is 14.9. The van der Waals surface area contributed by atoms with Crippen molar-refractivity contribution in [2.45, 2.75) is 6.42 Å². The molecule has 6 heteroatoms. The number of nitrogens with zero attached hydrogens (tertiary/aromatic N) is 1. The van der Waals surface area contributed by atoms with Gasteiger partial charge in [0.05, 0.1) is 10.5 Å². The van der Waals surface area contributed by atoms with Crippen LogP contribution < -0.4 is 5.32 Å². The van der Waals surface area contributed by atoms with Gasteiger partial charge in [0, 0.05) is 35.8 Å². The molecule has 0 spiro atoms. The zero-order chi connectivity index (χ0) is 17.6. The van der Waals surface area contributed by atoms with Crippen molar-refractivity contribution in [1.82, 2.24) is 10.3 Å². The number of para-hydroxylation sites is 2.